The van der Waals surface area contributed by atoms with E-state index in [0.717, 1.165) is 47.5 Å². The molecular weight excluding hydrogens is 354 g/mol. The zero-order valence-corrected chi connectivity index (χ0v) is 14.5. The summed E-state index contributed by atoms with van der Waals surface area (Å²) in [6, 6.07) is 5.94. The van der Waals surface area contributed by atoms with E-state index in [1.807, 2.05) is 18.2 Å². The molecule has 2 N–H and O–H groups in total. The van der Waals surface area contributed by atoms with Crippen molar-refractivity contribution in [3.8, 4) is 0 Å². The summed E-state index contributed by atoms with van der Waals surface area (Å²) in [5.41, 5.74) is 7.13. The first-order valence-electron chi connectivity index (χ1n) is 7.39. The van der Waals surface area contributed by atoms with Crippen molar-refractivity contribution >= 4 is 27.5 Å². The van der Waals surface area contributed by atoms with Gasteiger partial charge in [0, 0.05) is 34.7 Å². The Balaban J connectivity index is 1.86. The van der Waals surface area contributed by atoms with Crippen molar-refractivity contribution in [3.63, 3.8) is 0 Å². The molecule has 5 heteroatoms. The Bertz CT molecular complexity index is 529. The molecule has 1 spiro atoms. The van der Waals surface area contributed by atoms with E-state index in [-0.39, 0.29) is 5.60 Å². The Morgan fingerprint density at radius 2 is 2.24 bits per heavy atom. The maximum absolute atomic E-state index is 6.72. The monoisotopic (exact) mass is 373 g/mol. The molecule has 2 aliphatic rings. The van der Waals surface area contributed by atoms with Crippen LogP contribution in [0.1, 0.15) is 31.7 Å². The maximum atomic E-state index is 6.72. The van der Waals surface area contributed by atoms with E-state index in [1.54, 1.807) is 0 Å². The van der Waals surface area contributed by atoms with Crippen molar-refractivity contribution in [2.75, 3.05) is 19.8 Å². The zero-order chi connectivity index (χ0) is 15.1. The topological polar surface area (TPSA) is 44.5 Å². The molecule has 0 aliphatic carbocycles. The number of halogens is 2. The second kappa shape index (κ2) is 5.82. The first-order valence-corrected chi connectivity index (χ1v) is 8.56. The van der Waals surface area contributed by atoms with E-state index >= 15 is 0 Å². The quantitative estimate of drug-likeness (QED) is 0.855. The molecule has 0 amide bonds. The summed E-state index contributed by atoms with van der Waals surface area (Å²) in [5, 5.41) is 0.720. The minimum absolute atomic E-state index is 0.134. The number of hydrogen-bond acceptors (Lipinski definition) is 3. The minimum Gasteiger partial charge on any atom is -0.378 e. The van der Waals surface area contributed by atoms with Gasteiger partial charge in [0.15, 0.2) is 0 Å². The van der Waals surface area contributed by atoms with Crippen molar-refractivity contribution in [2.24, 2.45) is 11.7 Å². The summed E-state index contributed by atoms with van der Waals surface area (Å²) in [6.07, 6.45) is 2.86. The van der Waals surface area contributed by atoms with Crippen LogP contribution in [0.2, 0.25) is 5.02 Å². The van der Waals surface area contributed by atoms with Gasteiger partial charge in [0.25, 0.3) is 0 Å². The lowest BCUT2D eigenvalue weighted by atomic mass is 9.71. The van der Waals surface area contributed by atoms with Gasteiger partial charge in [-0.15, -0.1) is 0 Å². The molecule has 0 radical (unpaired) electrons. The summed E-state index contributed by atoms with van der Waals surface area (Å²) in [4.78, 5) is 0. The van der Waals surface area contributed by atoms with Gasteiger partial charge in [-0.25, -0.2) is 0 Å². The van der Waals surface area contributed by atoms with Crippen molar-refractivity contribution in [1.82, 2.24) is 0 Å². The van der Waals surface area contributed by atoms with Crippen LogP contribution >= 0.6 is 27.5 Å². The first-order chi connectivity index (χ1) is 9.93. The molecule has 2 saturated heterocycles. The molecule has 0 bridgehead atoms. The van der Waals surface area contributed by atoms with Crippen LogP contribution in [0.25, 0.3) is 0 Å². The summed E-state index contributed by atoms with van der Waals surface area (Å²) >= 11 is 9.86. The van der Waals surface area contributed by atoms with Crippen molar-refractivity contribution < 1.29 is 9.47 Å². The molecule has 0 aromatic heterocycles. The molecule has 116 valence electrons. The molecule has 1 aromatic carbocycles. The second-order valence-electron chi connectivity index (χ2n) is 6.43. The summed E-state index contributed by atoms with van der Waals surface area (Å²) < 4.78 is 12.5. The van der Waals surface area contributed by atoms with E-state index in [0.29, 0.717) is 12.5 Å². The van der Waals surface area contributed by atoms with Crippen LogP contribution in [0.4, 0.5) is 0 Å². The third-order valence-electron chi connectivity index (χ3n) is 4.92. The van der Waals surface area contributed by atoms with Crippen molar-refractivity contribution in [2.45, 2.75) is 37.3 Å². The number of ether oxygens (including phenoxy) is 2. The van der Waals surface area contributed by atoms with Gasteiger partial charge < -0.3 is 15.2 Å². The summed E-state index contributed by atoms with van der Waals surface area (Å²) in [6.45, 7) is 4.30. The largest absolute Gasteiger partial charge is 0.378 e. The van der Waals surface area contributed by atoms with Gasteiger partial charge in [-0.1, -0.05) is 33.6 Å². The third kappa shape index (κ3) is 3.02. The molecule has 0 saturated carbocycles. The highest BCUT2D eigenvalue weighted by Gasteiger charge is 2.46. The number of nitrogens with two attached hydrogens (primary N) is 1. The summed E-state index contributed by atoms with van der Waals surface area (Å²) in [7, 11) is 0. The van der Waals surface area contributed by atoms with E-state index in [1.165, 1.54) is 0 Å². The Hall–Kier alpha value is -0.130. The molecular formula is C16H21BrClNO2. The predicted molar refractivity (Wildman–Crippen MR) is 87.5 cm³/mol. The second-order valence-corrected chi connectivity index (χ2v) is 7.75. The molecule has 2 fully saturated rings. The van der Waals surface area contributed by atoms with Crippen molar-refractivity contribution in [1.29, 1.82) is 0 Å². The fourth-order valence-electron chi connectivity index (χ4n) is 3.55. The van der Waals surface area contributed by atoms with E-state index in [9.17, 15) is 0 Å². The van der Waals surface area contributed by atoms with Crippen LogP contribution in [-0.2, 0) is 15.0 Å². The lowest BCUT2D eigenvalue weighted by molar-refractivity contribution is -0.109. The van der Waals surface area contributed by atoms with Gasteiger partial charge in [-0.3, -0.25) is 0 Å². The van der Waals surface area contributed by atoms with Gasteiger partial charge in [0.1, 0.15) is 0 Å². The molecule has 1 aromatic rings. The molecule has 21 heavy (non-hydrogen) atoms. The molecule has 3 atom stereocenters. The Morgan fingerprint density at radius 3 is 2.90 bits per heavy atom. The Labute approximate surface area is 139 Å². The van der Waals surface area contributed by atoms with Crippen LogP contribution in [-0.4, -0.2) is 25.4 Å². The van der Waals surface area contributed by atoms with Crippen LogP contribution in [0, 0.1) is 5.92 Å². The van der Waals surface area contributed by atoms with E-state index < -0.39 is 5.54 Å². The van der Waals surface area contributed by atoms with Crippen LogP contribution in [0.3, 0.4) is 0 Å². The smallest absolute Gasteiger partial charge is 0.0940 e. The highest BCUT2D eigenvalue weighted by Crippen LogP contribution is 2.44. The molecule has 3 rings (SSSR count). The number of hydrogen-bond donors (Lipinski definition) is 1. The minimum atomic E-state index is -0.461. The highest BCUT2D eigenvalue weighted by molar-refractivity contribution is 9.10. The Kier molecular flexibility index (Phi) is 4.37. The average Bonchev–Trinajstić information content (AvgIpc) is 2.86. The lowest BCUT2D eigenvalue weighted by Crippen LogP contribution is -2.50. The van der Waals surface area contributed by atoms with Gasteiger partial charge in [0.2, 0.25) is 0 Å². The molecule has 3 nitrogen and oxygen atoms in total. The fourth-order valence-corrected chi connectivity index (χ4v) is 4.43. The zero-order valence-electron chi connectivity index (χ0n) is 12.2. The third-order valence-corrected chi connectivity index (χ3v) is 5.73. The maximum Gasteiger partial charge on any atom is 0.0940 e. The molecule has 2 aliphatic heterocycles. The van der Waals surface area contributed by atoms with Crippen molar-refractivity contribution in [3.05, 3.63) is 33.3 Å². The normalized spacial score (nSPS) is 32.3. The standard InChI is InChI=1S/C16H21BrClNO2/c1-15(19,13-3-2-12(17)8-14(13)18)11-4-6-21-16(9-11)5-7-20-10-16/h2-3,8,11H,4-7,9-10,19H2,1H3. The Morgan fingerprint density at radius 1 is 1.43 bits per heavy atom. The van der Waals surface area contributed by atoms with Gasteiger partial charge >= 0.3 is 0 Å². The molecule has 3 unspecified atom stereocenters. The van der Waals surface area contributed by atoms with Gasteiger partial charge in [-0.2, -0.15) is 0 Å². The van der Waals surface area contributed by atoms with Crippen LogP contribution in [0.15, 0.2) is 22.7 Å². The number of rotatable bonds is 2. The SMILES string of the molecule is CC(N)(c1ccc(Br)cc1Cl)C1CCOC2(CCOC2)C1. The highest BCUT2D eigenvalue weighted by atomic mass is 79.9. The fraction of sp³-hybridized carbons (Fsp3) is 0.625. The lowest BCUT2D eigenvalue weighted by Gasteiger charge is -2.44. The van der Waals surface area contributed by atoms with Gasteiger partial charge in [0.05, 0.1) is 12.2 Å². The van der Waals surface area contributed by atoms with E-state index in [2.05, 4.69) is 22.9 Å². The first kappa shape index (κ1) is 15.8. The average molecular weight is 375 g/mol. The molecule has 2 heterocycles. The van der Waals surface area contributed by atoms with Gasteiger partial charge in [-0.05, 0) is 43.4 Å². The predicted octanol–water partition coefficient (Wildman–Crippen LogP) is 3.86. The summed E-state index contributed by atoms with van der Waals surface area (Å²) in [5.74, 6) is 0.339. The van der Waals surface area contributed by atoms with E-state index in [4.69, 9.17) is 26.8 Å². The number of benzene rings is 1. The van der Waals surface area contributed by atoms with Crippen LogP contribution < -0.4 is 5.73 Å². The van der Waals surface area contributed by atoms with Crippen LogP contribution in [0.5, 0.6) is 0 Å².